The van der Waals surface area contributed by atoms with Crippen LogP contribution in [0.1, 0.15) is 90.6 Å². The maximum Gasteiger partial charge on any atom is 0.262 e. The minimum absolute atomic E-state index is 0.0359. The van der Waals surface area contributed by atoms with Gasteiger partial charge in [-0.1, -0.05) is 73.1 Å². The van der Waals surface area contributed by atoms with Crippen molar-refractivity contribution in [2.45, 2.75) is 94.9 Å². The first-order chi connectivity index (χ1) is 30.2. The summed E-state index contributed by atoms with van der Waals surface area (Å²) in [7, 11) is 0. The highest BCUT2D eigenvalue weighted by Crippen LogP contribution is 2.64. The molecule has 15 heteroatoms. The highest BCUT2D eigenvalue weighted by molar-refractivity contribution is 6.32. The van der Waals surface area contributed by atoms with Gasteiger partial charge in [-0.15, -0.1) is 0 Å². The second-order valence-electron chi connectivity index (χ2n) is 18.0. The van der Waals surface area contributed by atoms with E-state index in [0.29, 0.717) is 60.0 Å². The molecule has 63 heavy (non-hydrogen) atoms. The molecule has 7 atom stereocenters. The van der Waals surface area contributed by atoms with Gasteiger partial charge in [-0.25, -0.2) is 4.39 Å². The summed E-state index contributed by atoms with van der Waals surface area (Å²) in [6.45, 7) is 9.04. The van der Waals surface area contributed by atoms with Gasteiger partial charge in [-0.05, 0) is 99.3 Å². The molecule has 3 saturated heterocycles. The maximum absolute atomic E-state index is 16.7. The van der Waals surface area contributed by atoms with Gasteiger partial charge in [0, 0.05) is 70.8 Å². The number of rotatable bonds is 12. The lowest BCUT2D eigenvalue weighted by atomic mass is 9.60. The third-order valence-corrected chi connectivity index (χ3v) is 14.8. The molecule has 0 radical (unpaired) electrons. The number of hydrogen-bond acceptors (Lipinski definition) is 8. The summed E-state index contributed by atoms with van der Waals surface area (Å²) in [5.74, 6) is -3.29. The first kappa shape index (κ1) is 43.1. The van der Waals surface area contributed by atoms with Gasteiger partial charge >= 0.3 is 0 Å². The van der Waals surface area contributed by atoms with Crippen molar-refractivity contribution in [3.63, 3.8) is 0 Å². The van der Waals surface area contributed by atoms with Crippen molar-refractivity contribution < 1.29 is 33.2 Å². The molecule has 7 aliphatic rings. The average Bonchev–Trinajstić information content (AvgIpc) is 3.71. The Hall–Kier alpha value is -5.21. The van der Waals surface area contributed by atoms with E-state index in [9.17, 15) is 28.8 Å². The van der Waals surface area contributed by atoms with Gasteiger partial charge in [-0.3, -0.25) is 43.9 Å². The van der Waals surface area contributed by atoms with Crippen molar-refractivity contribution in [1.29, 1.82) is 0 Å². The summed E-state index contributed by atoms with van der Waals surface area (Å²) in [5.41, 5.74) is 1.39. The molecule has 5 aliphatic heterocycles. The number of anilines is 1. The molecule has 5 heterocycles. The number of aryl methyl sites for hydroxylation is 1. The largest absolute Gasteiger partial charge is 0.352 e. The zero-order chi connectivity index (χ0) is 44.5. The number of fused-ring (bicyclic) bond motifs is 4. The average molecular weight is 896 g/mol. The Morgan fingerprint density at radius 3 is 2.59 bits per heavy atom. The Balaban J connectivity index is 0.882. The Kier molecular flexibility index (Phi) is 11.2. The number of allylic oxidation sites excluding steroid dienone is 5. The molecule has 2 aromatic carbocycles. The van der Waals surface area contributed by atoms with Gasteiger partial charge in [0.25, 0.3) is 17.7 Å². The first-order valence-electron chi connectivity index (χ1n) is 21.7. The van der Waals surface area contributed by atoms with E-state index in [4.69, 9.17) is 23.2 Å². The van der Waals surface area contributed by atoms with Gasteiger partial charge in [-0.2, -0.15) is 0 Å². The molecule has 0 bridgehead atoms. The van der Waals surface area contributed by atoms with Crippen LogP contribution in [0.25, 0.3) is 0 Å². The number of nitrogens with zero attached hydrogens (tertiary/aromatic N) is 2. The Labute approximate surface area is 375 Å². The second-order valence-corrected chi connectivity index (χ2v) is 18.9. The zero-order valence-corrected chi connectivity index (χ0v) is 36.6. The first-order valence-corrected chi connectivity index (χ1v) is 22.5. The molecule has 2 unspecified atom stereocenters. The fourth-order valence-corrected chi connectivity index (χ4v) is 11.6. The van der Waals surface area contributed by atoms with Crippen molar-refractivity contribution in [2.24, 2.45) is 17.3 Å². The van der Waals surface area contributed by atoms with E-state index < -0.39 is 52.4 Å². The van der Waals surface area contributed by atoms with Gasteiger partial charge in [0.1, 0.15) is 17.4 Å². The molecule has 1 saturated carbocycles. The fourth-order valence-electron chi connectivity index (χ4n) is 11.1. The molecule has 6 amide bonds. The topological polar surface area (TPSA) is 157 Å². The Morgan fingerprint density at radius 1 is 1.05 bits per heavy atom. The monoisotopic (exact) mass is 894 g/mol. The number of piperidine rings is 1. The van der Waals surface area contributed by atoms with E-state index in [2.05, 4.69) is 32.7 Å². The molecular formula is C48H49Cl2FN6O6. The molecule has 0 aromatic heterocycles. The van der Waals surface area contributed by atoms with Crippen molar-refractivity contribution in [3.8, 4) is 0 Å². The summed E-state index contributed by atoms with van der Waals surface area (Å²) in [6, 6.07) is 8.74. The van der Waals surface area contributed by atoms with E-state index in [0.717, 1.165) is 28.9 Å². The van der Waals surface area contributed by atoms with Crippen molar-refractivity contribution in [3.05, 3.63) is 123 Å². The van der Waals surface area contributed by atoms with Gasteiger partial charge in [0.2, 0.25) is 17.7 Å². The van der Waals surface area contributed by atoms with Gasteiger partial charge in [0.15, 0.2) is 0 Å². The van der Waals surface area contributed by atoms with E-state index in [1.165, 1.54) is 0 Å². The summed E-state index contributed by atoms with van der Waals surface area (Å²) >= 11 is 13.0. The van der Waals surface area contributed by atoms with Crippen LogP contribution in [0.4, 0.5) is 10.1 Å². The van der Waals surface area contributed by atoms with E-state index in [1.54, 1.807) is 55.5 Å². The minimum atomic E-state index is -1.18. The smallest absolute Gasteiger partial charge is 0.262 e. The number of hydrogen-bond donors (Lipinski definition) is 4. The second kappa shape index (κ2) is 16.4. The molecule has 328 valence electrons. The SMILES string of the molecule is C=C(/C=C\C(=C/C)C(=O)NCCCc1cccc2c1C(=O)N(C1CCC(=O)NC1=O)C2=O)[C@H]1C[C@H]2[C@@H](N1)[C@H](C1(C)CC=CC(Cl)=C1F)[C@]1(C(=O)Nc3cc(Cl)ccc31)N2CC1CC1. The van der Waals surface area contributed by atoms with Crippen LogP contribution in [-0.4, -0.2) is 82.5 Å². The summed E-state index contributed by atoms with van der Waals surface area (Å²) in [6.07, 6.45) is 12.8. The van der Waals surface area contributed by atoms with Crippen LogP contribution in [0.15, 0.2) is 95.4 Å². The number of imide groups is 2. The lowest BCUT2D eigenvalue weighted by Crippen LogP contribution is -2.58. The predicted molar refractivity (Wildman–Crippen MR) is 236 cm³/mol. The molecule has 1 spiro atoms. The number of amides is 6. The predicted octanol–water partition coefficient (Wildman–Crippen LogP) is 6.52. The van der Waals surface area contributed by atoms with Crippen LogP contribution in [0.3, 0.4) is 0 Å². The van der Waals surface area contributed by atoms with Crippen LogP contribution in [0, 0.1) is 17.3 Å². The standard InChI is InChI=1S/C48H49Cl2FN6O6/c1-4-27(42(59)52-21-7-9-28-8-5-10-30-38(28)45(62)57(44(30)61)35-18-19-37(58)55-43(35)60)15-12-25(2)33-23-36-39(53-33)40(47(3)20-6-11-32(50)41(47)51)48(56(36)24-26-13-14-26)31-17-16-29(49)22-34(31)54-46(48)63/h4-6,8,10-12,15-17,22,26,33,35-36,39-40,53H,2,7,9,13-14,18-21,23-24H2,1,3H3,(H,52,59)(H,54,63)(H,55,58,60)/b15-12-,27-4+/t33-,35?,36+,39-,40-,47?,48-/m1/s1. The highest BCUT2D eigenvalue weighted by atomic mass is 35.5. The normalized spacial score (nSPS) is 30.4. The highest BCUT2D eigenvalue weighted by Gasteiger charge is 2.72. The summed E-state index contributed by atoms with van der Waals surface area (Å²) < 4.78 is 16.7. The lowest BCUT2D eigenvalue weighted by Gasteiger charge is -2.48. The number of carbonyl (C=O) groups excluding carboxylic acids is 6. The number of benzene rings is 2. The van der Waals surface area contributed by atoms with E-state index in [1.807, 2.05) is 25.1 Å². The van der Waals surface area contributed by atoms with Crippen LogP contribution in [-0.2, 0) is 31.1 Å². The van der Waals surface area contributed by atoms with Gasteiger partial charge < -0.3 is 16.0 Å². The molecule has 4 N–H and O–H groups in total. The zero-order valence-electron chi connectivity index (χ0n) is 35.1. The number of likely N-dealkylation sites (tertiary alicyclic amines) is 1. The molecule has 2 aliphatic carbocycles. The quantitative estimate of drug-likeness (QED) is 0.0813. The molecule has 9 rings (SSSR count). The summed E-state index contributed by atoms with van der Waals surface area (Å²) in [5, 5.41) is 12.7. The molecule has 4 fully saturated rings. The third-order valence-electron chi connectivity index (χ3n) is 14.3. The summed E-state index contributed by atoms with van der Waals surface area (Å²) in [4.78, 5) is 82.4. The fraction of sp³-hybridized carbons (Fsp3) is 0.417. The number of carbonyl (C=O) groups is 6. The van der Waals surface area contributed by atoms with Crippen molar-refractivity contribution >= 4 is 64.3 Å². The minimum Gasteiger partial charge on any atom is -0.352 e. The van der Waals surface area contributed by atoms with Crippen LogP contribution in [0.2, 0.25) is 5.02 Å². The number of halogens is 3. The lowest BCUT2D eigenvalue weighted by molar-refractivity contribution is -0.136. The van der Waals surface area contributed by atoms with E-state index >= 15 is 4.39 Å². The van der Waals surface area contributed by atoms with Crippen molar-refractivity contribution in [1.82, 2.24) is 25.8 Å². The van der Waals surface area contributed by atoms with E-state index in [-0.39, 0.29) is 65.5 Å². The Morgan fingerprint density at radius 2 is 1.84 bits per heavy atom. The number of nitrogens with one attached hydrogen (secondary N) is 4. The maximum atomic E-state index is 16.7. The van der Waals surface area contributed by atoms with Crippen LogP contribution < -0.4 is 21.3 Å². The Bertz CT molecular complexity index is 2510. The van der Waals surface area contributed by atoms with Crippen LogP contribution in [0.5, 0.6) is 0 Å². The van der Waals surface area contributed by atoms with Crippen LogP contribution >= 0.6 is 23.2 Å². The molecule has 2 aromatic rings. The van der Waals surface area contributed by atoms with Crippen molar-refractivity contribution in [2.75, 3.05) is 18.4 Å². The van der Waals surface area contributed by atoms with Gasteiger partial charge in [0.05, 0.1) is 16.2 Å². The molecule has 12 nitrogen and oxygen atoms in total. The third kappa shape index (κ3) is 7.12. The molecular weight excluding hydrogens is 846 g/mol.